The third-order valence-electron chi connectivity index (χ3n) is 2.83. The second-order valence-electron chi connectivity index (χ2n) is 5.10. The maximum absolute atomic E-state index is 12.4. The van der Waals surface area contributed by atoms with E-state index in [2.05, 4.69) is 0 Å². The lowest BCUT2D eigenvalue weighted by Gasteiger charge is -2.15. The first-order valence-corrected chi connectivity index (χ1v) is 6.29. The van der Waals surface area contributed by atoms with Crippen molar-refractivity contribution in [3.8, 4) is 0 Å². The van der Waals surface area contributed by atoms with E-state index in [0.717, 1.165) is 0 Å². The molecule has 0 saturated carbocycles. The molecular weight excluding hydrogens is 254 g/mol. The van der Waals surface area contributed by atoms with Gasteiger partial charge in [0.1, 0.15) is 19.8 Å². The van der Waals surface area contributed by atoms with Gasteiger partial charge in [-0.1, -0.05) is 12.1 Å². The predicted octanol–water partition coefficient (Wildman–Crippen LogP) is 1.03. The number of benzene rings is 1. The van der Waals surface area contributed by atoms with E-state index in [0.29, 0.717) is 16.8 Å². The Morgan fingerprint density at radius 1 is 1.10 bits per heavy atom. The normalized spacial score (nSPS) is 14.4. The molecule has 5 nitrogen and oxygen atoms in total. The number of allylic oxidation sites excluding steroid dienone is 1. The summed E-state index contributed by atoms with van der Waals surface area (Å²) in [7, 11) is 7.40. The Morgan fingerprint density at radius 2 is 1.60 bits per heavy atom. The summed E-state index contributed by atoms with van der Waals surface area (Å²) in [6, 6.07) is 6.88. The molecular formula is C15H18N3O2+. The molecule has 2 amide bonds. The Morgan fingerprint density at radius 3 is 2.00 bits per heavy atom. The first kappa shape index (κ1) is 14.0. The summed E-state index contributed by atoms with van der Waals surface area (Å²) in [5, 5.41) is 0. The van der Waals surface area contributed by atoms with Crippen LogP contribution in [0.1, 0.15) is 20.7 Å². The number of amides is 2. The van der Waals surface area contributed by atoms with Crippen LogP contribution >= 0.6 is 0 Å². The predicted molar refractivity (Wildman–Crippen MR) is 76.9 cm³/mol. The molecule has 0 aromatic heterocycles. The van der Waals surface area contributed by atoms with Crippen LogP contribution in [0.3, 0.4) is 0 Å². The van der Waals surface area contributed by atoms with E-state index in [1.54, 1.807) is 46.2 Å². The van der Waals surface area contributed by atoms with Gasteiger partial charge in [0.25, 0.3) is 11.8 Å². The minimum absolute atomic E-state index is 0.281. The van der Waals surface area contributed by atoms with Crippen molar-refractivity contribution < 1.29 is 14.2 Å². The van der Waals surface area contributed by atoms with Crippen molar-refractivity contribution in [2.75, 3.05) is 28.2 Å². The van der Waals surface area contributed by atoms with Crippen LogP contribution in [0.5, 0.6) is 0 Å². The SMILES string of the molecule is CN(C)/C=C(\C=[N+](C)C)N1C(=O)c2ccccc2C1=O. The van der Waals surface area contributed by atoms with Crippen molar-refractivity contribution in [1.29, 1.82) is 0 Å². The number of carbonyl (C=O) groups is 2. The highest BCUT2D eigenvalue weighted by Crippen LogP contribution is 2.25. The van der Waals surface area contributed by atoms with Crippen molar-refractivity contribution in [3.63, 3.8) is 0 Å². The first-order valence-electron chi connectivity index (χ1n) is 6.29. The van der Waals surface area contributed by atoms with E-state index in [4.69, 9.17) is 0 Å². The maximum atomic E-state index is 12.4. The molecule has 1 aromatic rings. The van der Waals surface area contributed by atoms with Gasteiger partial charge < -0.3 is 4.90 Å². The van der Waals surface area contributed by atoms with Gasteiger partial charge in [-0.15, -0.1) is 0 Å². The van der Waals surface area contributed by atoms with Crippen LogP contribution in [0.2, 0.25) is 0 Å². The highest BCUT2D eigenvalue weighted by atomic mass is 16.2. The van der Waals surface area contributed by atoms with Gasteiger partial charge in [0.05, 0.1) is 11.1 Å². The molecule has 20 heavy (non-hydrogen) atoms. The zero-order chi connectivity index (χ0) is 14.9. The topological polar surface area (TPSA) is 43.6 Å². The molecule has 1 heterocycles. The van der Waals surface area contributed by atoms with Crippen LogP contribution in [0.15, 0.2) is 36.2 Å². The standard InChI is InChI=1S/C15H18N3O2/c1-16(2)9-11(10-17(3)4)18-14(19)12-7-5-6-8-13(12)15(18)20/h5-10H,1-4H3/q+1. The summed E-state index contributed by atoms with van der Waals surface area (Å²) < 4.78 is 1.80. The van der Waals surface area contributed by atoms with Crippen molar-refractivity contribution in [3.05, 3.63) is 47.3 Å². The molecule has 1 aromatic carbocycles. The Balaban J connectivity index is 2.50. The van der Waals surface area contributed by atoms with Gasteiger partial charge in [0.2, 0.25) is 0 Å². The molecule has 5 heteroatoms. The highest BCUT2D eigenvalue weighted by molar-refractivity contribution is 6.23. The van der Waals surface area contributed by atoms with Gasteiger partial charge >= 0.3 is 0 Å². The lowest BCUT2D eigenvalue weighted by Crippen LogP contribution is -2.32. The van der Waals surface area contributed by atoms with Gasteiger partial charge in [-0.25, -0.2) is 9.48 Å². The zero-order valence-corrected chi connectivity index (χ0v) is 12.1. The molecule has 0 unspecified atom stereocenters. The van der Waals surface area contributed by atoms with Gasteiger partial charge in [0.15, 0.2) is 6.21 Å². The second kappa shape index (κ2) is 5.28. The summed E-state index contributed by atoms with van der Waals surface area (Å²) in [5.41, 5.74) is 1.45. The molecule has 1 aliphatic heterocycles. The van der Waals surface area contributed by atoms with Gasteiger partial charge in [-0.2, -0.15) is 0 Å². The molecule has 0 bridgehead atoms. The minimum atomic E-state index is -0.281. The molecule has 1 aliphatic rings. The van der Waals surface area contributed by atoms with E-state index in [9.17, 15) is 9.59 Å². The summed E-state index contributed by atoms with van der Waals surface area (Å²) in [5.74, 6) is -0.561. The molecule has 0 N–H and O–H groups in total. The fourth-order valence-electron chi connectivity index (χ4n) is 2.10. The van der Waals surface area contributed by atoms with E-state index in [-0.39, 0.29) is 11.8 Å². The third kappa shape index (κ3) is 2.47. The summed E-state index contributed by atoms with van der Waals surface area (Å²) in [6.07, 6.45) is 3.50. The van der Waals surface area contributed by atoms with E-state index >= 15 is 0 Å². The van der Waals surface area contributed by atoms with Gasteiger partial charge in [-0.05, 0) is 12.1 Å². The van der Waals surface area contributed by atoms with Crippen molar-refractivity contribution in [1.82, 2.24) is 9.80 Å². The smallest absolute Gasteiger partial charge is 0.266 e. The van der Waals surface area contributed by atoms with E-state index < -0.39 is 0 Å². The van der Waals surface area contributed by atoms with E-state index in [1.165, 1.54) is 4.90 Å². The van der Waals surface area contributed by atoms with Crippen molar-refractivity contribution in [2.24, 2.45) is 0 Å². The number of hydrogen-bond acceptors (Lipinski definition) is 3. The average molecular weight is 272 g/mol. The van der Waals surface area contributed by atoms with Crippen LogP contribution in [0.4, 0.5) is 0 Å². The molecule has 104 valence electrons. The molecule has 0 atom stereocenters. The van der Waals surface area contributed by atoms with Gasteiger partial charge in [-0.3, -0.25) is 9.59 Å². The lowest BCUT2D eigenvalue weighted by molar-refractivity contribution is -0.459. The van der Waals surface area contributed by atoms with Crippen LogP contribution in [0, 0.1) is 0 Å². The average Bonchev–Trinajstić information content (AvgIpc) is 2.61. The Bertz CT molecular complexity index is 591. The monoisotopic (exact) mass is 272 g/mol. The quantitative estimate of drug-likeness (QED) is 0.469. The second-order valence-corrected chi connectivity index (χ2v) is 5.10. The molecule has 0 saturated heterocycles. The van der Waals surface area contributed by atoms with Crippen molar-refractivity contribution >= 4 is 18.0 Å². The summed E-state index contributed by atoms with van der Waals surface area (Å²) in [4.78, 5) is 27.9. The third-order valence-corrected chi connectivity index (χ3v) is 2.83. The number of nitrogens with zero attached hydrogens (tertiary/aromatic N) is 3. The molecule has 0 radical (unpaired) electrons. The van der Waals surface area contributed by atoms with Crippen LogP contribution in [0.25, 0.3) is 0 Å². The maximum Gasteiger partial charge on any atom is 0.266 e. The number of hydrogen-bond donors (Lipinski definition) is 0. The van der Waals surface area contributed by atoms with Gasteiger partial charge in [0, 0.05) is 20.3 Å². The number of imide groups is 1. The van der Waals surface area contributed by atoms with Crippen LogP contribution in [-0.4, -0.2) is 60.6 Å². The van der Waals surface area contributed by atoms with Crippen molar-refractivity contribution in [2.45, 2.75) is 0 Å². The Kier molecular flexibility index (Phi) is 3.70. The molecule has 0 spiro atoms. The fourth-order valence-corrected chi connectivity index (χ4v) is 2.10. The summed E-state index contributed by atoms with van der Waals surface area (Å²) >= 11 is 0. The largest absolute Gasteiger partial charge is 0.382 e. The highest BCUT2D eigenvalue weighted by Gasteiger charge is 2.38. The zero-order valence-electron chi connectivity index (χ0n) is 12.1. The van der Waals surface area contributed by atoms with Crippen LogP contribution in [-0.2, 0) is 0 Å². The summed E-state index contributed by atoms with van der Waals surface area (Å²) in [6.45, 7) is 0. The first-order chi connectivity index (χ1) is 9.41. The van der Waals surface area contributed by atoms with E-state index in [1.807, 2.05) is 28.2 Å². The minimum Gasteiger partial charge on any atom is -0.382 e. The molecule has 0 fully saturated rings. The van der Waals surface area contributed by atoms with Crippen LogP contribution < -0.4 is 0 Å². The lowest BCUT2D eigenvalue weighted by atomic mass is 10.1. The molecule has 0 aliphatic carbocycles. The Labute approximate surface area is 118 Å². The number of fused-ring (bicyclic) bond motifs is 1. The number of carbonyl (C=O) groups excluding carboxylic acids is 2. The number of rotatable bonds is 3. The molecule has 2 rings (SSSR count). The Hall–Kier alpha value is -2.43. The fraction of sp³-hybridized carbons (Fsp3) is 0.267.